The van der Waals surface area contributed by atoms with Crippen LogP contribution in [0.2, 0.25) is 0 Å². The molecule has 0 saturated carbocycles. The highest BCUT2D eigenvalue weighted by atomic mass is 19.5. The zero-order valence-electron chi connectivity index (χ0n) is 9.13. The van der Waals surface area contributed by atoms with E-state index in [-0.39, 0.29) is 1.43 Å². The molecule has 1 heterocycles. The largest absolute Gasteiger partial charge is 1.00 e. The van der Waals surface area contributed by atoms with Crippen LogP contribution in [0.5, 0.6) is 0 Å². The fourth-order valence-corrected chi connectivity index (χ4v) is 0.813. The van der Waals surface area contributed by atoms with Gasteiger partial charge in [0.05, 0.1) is 13.1 Å². The quantitative estimate of drug-likeness (QED) is 0.404. The number of rotatable bonds is 2. The molecule has 0 aliphatic heterocycles. The van der Waals surface area contributed by atoms with E-state index in [1.165, 1.54) is 0 Å². The number of aryl methyl sites for hydroxylation is 2. The van der Waals surface area contributed by atoms with E-state index in [4.69, 9.17) is 0 Å². The summed E-state index contributed by atoms with van der Waals surface area (Å²) < 4.78 is 43.3. The molecule has 0 bridgehead atoms. The van der Waals surface area contributed by atoms with Crippen LogP contribution in [0.1, 0.15) is 15.3 Å². The van der Waals surface area contributed by atoms with Gasteiger partial charge in [0.1, 0.15) is 12.4 Å². The molecule has 1 rings (SSSR count). The lowest BCUT2D eigenvalue weighted by Crippen LogP contribution is -2.28. The molecule has 0 fully saturated rings. The molecular weight excluding hydrogens is 199 g/mol. The van der Waals surface area contributed by atoms with Gasteiger partial charge < -0.3 is 17.3 Å². The standard InChI is InChI=1S/C7H13N2.BF4/c1-3-8-5-6-9(4-2)7-8;2-1(3,4)5/h5-7H,3-4H2,1-2H3;/q+1;-1/p+1. The predicted octanol–water partition coefficient (Wildman–Crippen LogP) is 2.23. The summed E-state index contributed by atoms with van der Waals surface area (Å²) in [7, 11) is -6.00. The van der Waals surface area contributed by atoms with E-state index in [0.29, 0.717) is 0 Å². The minimum Gasteiger partial charge on any atom is -0.418 e. The first-order valence-electron chi connectivity index (χ1n) is 4.29. The van der Waals surface area contributed by atoms with Crippen LogP contribution >= 0.6 is 0 Å². The third-order valence-corrected chi connectivity index (χ3v) is 1.48. The maximum absolute atomic E-state index is 9.75. The second-order valence-corrected chi connectivity index (χ2v) is 2.57. The number of imidazole rings is 1. The Kier molecular flexibility index (Phi) is 5.26. The molecule has 82 valence electrons. The van der Waals surface area contributed by atoms with Crippen molar-refractivity contribution in [3.63, 3.8) is 0 Å². The third-order valence-electron chi connectivity index (χ3n) is 1.48. The Morgan fingerprint density at radius 1 is 1.29 bits per heavy atom. The third kappa shape index (κ3) is 7.63. The van der Waals surface area contributed by atoms with Crippen LogP contribution < -0.4 is 4.57 Å². The fraction of sp³-hybridized carbons (Fsp3) is 0.571. The van der Waals surface area contributed by atoms with Crippen LogP contribution in [0.4, 0.5) is 17.3 Å². The van der Waals surface area contributed by atoms with Crippen LogP contribution in [0.15, 0.2) is 18.7 Å². The molecule has 14 heavy (non-hydrogen) atoms. The molecule has 0 aliphatic carbocycles. The molecule has 1 aromatic heterocycles. The van der Waals surface area contributed by atoms with Crippen LogP contribution in [0.25, 0.3) is 0 Å². The van der Waals surface area contributed by atoms with Crippen LogP contribution in [-0.4, -0.2) is 11.8 Å². The Balaban J connectivity index is 0. The van der Waals surface area contributed by atoms with Crippen LogP contribution in [-0.2, 0) is 13.1 Å². The highest BCUT2D eigenvalue weighted by molar-refractivity contribution is 6.50. The van der Waals surface area contributed by atoms with E-state index < -0.39 is 7.25 Å². The maximum Gasteiger partial charge on any atom is 1.00 e. The average molecular weight is 213 g/mol. The first-order chi connectivity index (χ1) is 6.36. The zero-order chi connectivity index (χ0) is 11.2. The van der Waals surface area contributed by atoms with Gasteiger partial charge in [-0.25, -0.2) is 9.13 Å². The molecule has 0 aromatic carbocycles. The summed E-state index contributed by atoms with van der Waals surface area (Å²) in [4.78, 5) is 0. The Morgan fingerprint density at radius 3 is 2.00 bits per heavy atom. The van der Waals surface area contributed by atoms with Crippen molar-refractivity contribution >= 4 is 7.25 Å². The zero-order valence-corrected chi connectivity index (χ0v) is 8.13. The minimum absolute atomic E-state index is 0. The molecule has 1 aromatic rings. The molecule has 0 spiro atoms. The molecule has 0 atom stereocenters. The Hall–Kier alpha value is -1.01. The highest BCUT2D eigenvalue weighted by Gasteiger charge is 2.20. The van der Waals surface area contributed by atoms with E-state index in [9.17, 15) is 17.3 Å². The van der Waals surface area contributed by atoms with Gasteiger partial charge in [-0.15, -0.1) is 0 Å². The van der Waals surface area contributed by atoms with Crippen molar-refractivity contribution in [2.75, 3.05) is 0 Å². The summed E-state index contributed by atoms with van der Waals surface area (Å²) in [5.74, 6) is 0. The number of nitrogens with zero attached hydrogens (tertiary/aromatic N) is 2. The van der Waals surface area contributed by atoms with Gasteiger partial charge in [-0.2, -0.15) is 0 Å². The molecular formula is C7H14BF4N2+. The summed E-state index contributed by atoms with van der Waals surface area (Å²) in [6.45, 7) is 6.40. The van der Waals surface area contributed by atoms with Crippen molar-refractivity contribution in [2.45, 2.75) is 26.9 Å². The van der Waals surface area contributed by atoms with E-state index in [2.05, 4.69) is 41.7 Å². The number of aromatic nitrogens is 2. The smallest absolute Gasteiger partial charge is 0.418 e. The lowest BCUT2D eigenvalue weighted by Gasteiger charge is -1.94. The Bertz CT molecular complexity index is 239. The molecule has 7 heteroatoms. The van der Waals surface area contributed by atoms with Crippen LogP contribution in [0, 0.1) is 0 Å². The molecule has 0 aliphatic rings. The van der Waals surface area contributed by atoms with E-state index in [0.717, 1.165) is 13.1 Å². The van der Waals surface area contributed by atoms with Gasteiger partial charge in [0, 0.05) is 0 Å². The van der Waals surface area contributed by atoms with Crippen molar-refractivity contribution in [3.8, 4) is 0 Å². The molecule has 0 amide bonds. The monoisotopic (exact) mass is 213 g/mol. The van der Waals surface area contributed by atoms with Crippen molar-refractivity contribution in [1.82, 2.24) is 4.57 Å². The molecule has 0 saturated heterocycles. The average Bonchev–Trinajstić information content (AvgIpc) is 2.48. The molecule has 2 nitrogen and oxygen atoms in total. The number of hydrogen-bond donors (Lipinski definition) is 0. The predicted molar refractivity (Wildman–Crippen MR) is 47.3 cm³/mol. The lowest BCUT2D eigenvalue weighted by molar-refractivity contribution is -0.693. The first-order valence-corrected chi connectivity index (χ1v) is 4.29. The summed E-state index contributed by atoms with van der Waals surface area (Å²) in [6.07, 6.45) is 6.28. The van der Waals surface area contributed by atoms with Gasteiger partial charge in [0.25, 0.3) is 0 Å². The highest BCUT2D eigenvalue weighted by Crippen LogP contribution is 2.06. The molecule has 0 N–H and O–H groups in total. The normalized spacial score (nSPS) is 10.7. The van der Waals surface area contributed by atoms with Gasteiger partial charge in [0.2, 0.25) is 6.33 Å². The van der Waals surface area contributed by atoms with Gasteiger partial charge in [-0.1, -0.05) is 0 Å². The molecule has 0 radical (unpaired) electrons. The van der Waals surface area contributed by atoms with Gasteiger partial charge in [-0.05, 0) is 13.8 Å². The van der Waals surface area contributed by atoms with Crippen molar-refractivity contribution in [2.24, 2.45) is 0 Å². The van der Waals surface area contributed by atoms with Gasteiger partial charge in [-0.3, -0.25) is 0 Å². The van der Waals surface area contributed by atoms with Gasteiger partial charge >= 0.3 is 8.68 Å². The van der Waals surface area contributed by atoms with Crippen molar-refractivity contribution in [1.29, 1.82) is 0 Å². The summed E-state index contributed by atoms with van der Waals surface area (Å²) >= 11 is 0. The first kappa shape index (κ1) is 13.0. The second-order valence-electron chi connectivity index (χ2n) is 2.57. The SMILES string of the molecule is CCn1cc[n+](CC)c1.F[B-](F)(F)F.[H+]. The van der Waals surface area contributed by atoms with E-state index >= 15 is 0 Å². The second kappa shape index (κ2) is 5.67. The number of hydrogen-bond acceptors (Lipinski definition) is 0. The van der Waals surface area contributed by atoms with Crippen molar-refractivity contribution < 1.29 is 23.3 Å². The lowest BCUT2D eigenvalue weighted by atomic mass is 10.3. The Labute approximate surface area is 81.7 Å². The minimum atomic E-state index is -6.00. The Morgan fingerprint density at radius 2 is 1.79 bits per heavy atom. The molecule has 0 unspecified atom stereocenters. The van der Waals surface area contributed by atoms with E-state index in [1.54, 1.807) is 0 Å². The number of halogens is 4. The van der Waals surface area contributed by atoms with Crippen molar-refractivity contribution in [3.05, 3.63) is 18.7 Å². The topological polar surface area (TPSA) is 8.81 Å². The summed E-state index contributed by atoms with van der Waals surface area (Å²) in [6, 6.07) is 0. The summed E-state index contributed by atoms with van der Waals surface area (Å²) in [5, 5.41) is 0. The van der Waals surface area contributed by atoms with Crippen LogP contribution in [0.3, 0.4) is 0 Å². The summed E-state index contributed by atoms with van der Waals surface area (Å²) in [5.41, 5.74) is 0. The fourth-order valence-electron chi connectivity index (χ4n) is 0.813. The van der Waals surface area contributed by atoms with Gasteiger partial charge in [0.15, 0.2) is 0 Å². The maximum atomic E-state index is 9.75. The van der Waals surface area contributed by atoms with E-state index in [1.807, 2.05) is 0 Å².